The number of rotatable bonds is 6. The normalized spacial score (nSPS) is 11.4. The molecule has 0 amide bonds. The van der Waals surface area contributed by atoms with Gasteiger partial charge < -0.3 is 4.90 Å². The van der Waals surface area contributed by atoms with Crippen molar-refractivity contribution in [1.82, 2.24) is 0 Å². The van der Waals surface area contributed by atoms with E-state index in [1.165, 1.54) is 11.1 Å². The predicted octanol–water partition coefficient (Wildman–Crippen LogP) is 10.8. The Morgan fingerprint density at radius 2 is 1.29 bits per heavy atom. The summed E-state index contributed by atoms with van der Waals surface area (Å²) < 4.78 is 0. The molecule has 0 unspecified atom stereocenters. The van der Waals surface area contributed by atoms with Crippen LogP contribution < -0.4 is 4.90 Å². The maximum Gasteiger partial charge on any atom is 0.100 e. The molecule has 41 heavy (non-hydrogen) atoms. The molecule has 2 nitrogen and oxygen atoms in total. The molecule has 0 aliphatic rings. The summed E-state index contributed by atoms with van der Waals surface area (Å²) in [6.07, 6.45) is 8.56. The Morgan fingerprint density at radius 1 is 0.610 bits per heavy atom. The summed E-state index contributed by atoms with van der Waals surface area (Å²) in [7, 11) is 0. The first-order valence-electron chi connectivity index (χ1n) is 13.9. The quantitative estimate of drug-likeness (QED) is 0.159. The zero-order chi connectivity index (χ0) is 28.2. The van der Waals surface area contributed by atoms with Gasteiger partial charge in [0.25, 0.3) is 0 Å². The molecule has 0 saturated carbocycles. The smallest absolute Gasteiger partial charge is 0.100 e. The van der Waals surface area contributed by atoms with Crippen molar-refractivity contribution in [3.05, 3.63) is 155 Å². The zero-order valence-electron chi connectivity index (χ0n) is 23.3. The lowest BCUT2D eigenvalue weighted by Crippen LogP contribution is -2.11. The average molecular weight is 527 g/mol. The van der Waals surface area contributed by atoms with Gasteiger partial charge in [0.2, 0.25) is 0 Å². The van der Waals surface area contributed by atoms with E-state index in [-0.39, 0.29) is 0 Å². The Bertz CT molecular complexity index is 1960. The fraction of sp³-hybridized carbons (Fsp3) is 0.0513. The van der Waals surface area contributed by atoms with E-state index in [1.54, 1.807) is 0 Å². The monoisotopic (exact) mass is 526 g/mol. The van der Waals surface area contributed by atoms with Gasteiger partial charge in [0.15, 0.2) is 0 Å². The Morgan fingerprint density at radius 3 is 2.07 bits per heavy atom. The molecule has 0 aliphatic carbocycles. The number of hydrogen-bond donors (Lipinski definition) is 0. The Labute approximate surface area is 241 Å². The molecule has 2 heteroatoms. The van der Waals surface area contributed by atoms with Crippen LogP contribution in [-0.4, -0.2) is 0 Å². The van der Waals surface area contributed by atoms with Gasteiger partial charge in [-0.2, -0.15) is 5.26 Å². The summed E-state index contributed by atoms with van der Waals surface area (Å²) >= 11 is 0. The predicted molar refractivity (Wildman–Crippen MR) is 176 cm³/mol. The number of para-hydroxylation sites is 1. The molecule has 6 aromatic carbocycles. The number of anilines is 3. The fourth-order valence-corrected chi connectivity index (χ4v) is 5.49. The molecule has 0 atom stereocenters. The Kier molecular flexibility index (Phi) is 7.18. The van der Waals surface area contributed by atoms with Crippen LogP contribution in [0.15, 0.2) is 127 Å². The van der Waals surface area contributed by atoms with Crippen LogP contribution in [0.3, 0.4) is 0 Å². The standard InChI is InChI=1S/C39H30N2/c1-3-10-35-28(2)11-9-16-39(35)41(33-13-5-4-6-14-33)34-22-19-29(20-23-34)17-18-30-21-24-37-32(25-30)26-31-12-7-8-15-36(31)38(37)27-40/h3-26H,1-2H3/b10-3-,18-17?. The van der Waals surface area contributed by atoms with Crippen molar-refractivity contribution in [2.24, 2.45) is 0 Å². The first kappa shape index (κ1) is 25.9. The number of hydrogen-bond acceptors (Lipinski definition) is 2. The highest BCUT2D eigenvalue weighted by Gasteiger charge is 2.16. The van der Waals surface area contributed by atoms with E-state index < -0.39 is 0 Å². The molecule has 0 aliphatic heterocycles. The number of nitrogens with zero attached hydrogens (tertiary/aromatic N) is 2. The largest absolute Gasteiger partial charge is 0.310 e. The lowest BCUT2D eigenvalue weighted by molar-refractivity contribution is 1.26. The van der Waals surface area contributed by atoms with Crippen LogP contribution >= 0.6 is 0 Å². The second kappa shape index (κ2) is 11.4. The highest BCUT2D eigenvalue weighted by atomic mass is 15.1. The summed E-state index contributed by atoms with van der Waals surface area (Å²) in [5, 5.41) is 14.0. The highest BCUT2D eigenvalue weighted by molar-refractivity contribution is 6.05. The topological polar surface area (TPSA) is 27.0 Å². The molecule has 0 radical (unpaired) electrons. The maximum absolute atomic E-state index is 9.85. The van der Waals surface area contributed by atoms with Gasteiger partial charge in [-0.1, -0.05) is 103 Å². The first-order chi connectivity index (χ1) is 20.2. The SMILES string of the molecule is C/C=C\c1c(C)cccc1N(c1ccccc1)c1ccc(C=Cc2ccc3c(C#N)c4ccccc4cc3c2)cc1. The van der Waals surface area contributed by atoms with Crippen molar-refractivity contribution in [3.8, 4) is 6.07 Å². The lowest BCUT2D eigenvalue weighted by atomic mass is 9.96. The van der Waals surface area contributed by atoms with E-state index in [2.05, 4.69) is 152 Å². The van der Waals surface area contributed by atoms with Crippen LogP contribution in [0.5, 0.6) is 0 Å². The number of allylic oxidation sites excluding steroid dienone is 1. The molecule has 0 spiro atoms. The van der Waals surface area contributed by atoms with Gasteiger partial charge in [0.05, 0.1) is 11.3 Å². The van der Waals surface area contributed by atoms with Gasteiger partial charge >= 0.3 is 0 Å². The molecule has 6 aromatic rings. The van der Waals surface area contributed by atoms with E-state index in [4.69, 9.17) is 0 Å². The summed E-state index contributed by atoms with van der Waals surface area (Å²) in [6, 6.07) is 44.6. The van der Waals surface area contributed by atoms with E-state index >= 15 is 0 Å². The number of benzene rings is 6. The molecule has 0 aromatic heterocycles. The van der Waals surface area contributed by atoms with Crippen LogP contribution in [0.1, 0.15) is 34.7 Å². The lowest BCUT2D eigenvalue weighted by Gasteiger charge is -2.28. The minimum Gasteiger partial charge on any atom is -0.310 e. The summed E-state index contributed by atoms with van der Waals surface area (Å²) in [4.78, 5) is 2.32. The Hall–Kier alpha value is -5.39. The number of aryl methyl sites for hydroxylation is 1. The van der Waals surface area contributed by atoms with E-state index in [0.717, 1.165) is 55.3 Å². The van der Waals surface area contributed by atoms with Gasteiger partial charge in [-0.3, -0.25) is 0 Å². The van der Waals surface area contributed by atoms with E-state index in [0.29, 0.717) is 0 Å². The highest BCUT2D eigenvalue weighted by Crippen LogP contribution is 2.38. The third-order valence-electron chi connectivity index (χ3n) is 7.51. The molecule has 0 N–H and O–H groups in total. The van der Waals surface area contributed by atoms with Crippen LogP contribution in [0.4, 0.5) is 17.1 Å². The summed E-state index contributed by atoms with van der Waals surface area (Å²) in [6.45, 7) is 4.22. The number of fused-ring (bicyclic) bond motifs is 2. The molecule has 0 saturated heterocycles. The first-order valence-corrected chi connectivity index (χ1v) is 13.9. The van der Waals surface area contributed by atoms with Crippen molar-refractivity contribution in [2.75, 3.05) is 4.90 Å². The third kappa shape index (κ3) is 5.14. The molecular formula is C39H30N2. The third-order valence-corrected chi connectivity index (χ3v) is 7.51. The van der Waals surface area contributed by atoms with E-state index in [1.807, 2.05) is 18.2 Å². The van der Waals surface area contributed by atoms with Gasteiger partial charge in [-0.25, -0.2) is 0 Å². The average Bonchev–Trinajstić information content (AvgIpc) is 3.01. The molecular weight excluding hydrogens is 496 g/mol. The van der Waals surface area contributed by atoms with Crippen LogP contribution in [0.25, 0.3) is 39.8 Å². The maximum atomic E-state index is 9.85. The number of nitriles is 1. The zero-order valence-corrected chi connectivity index (χ0v) is 23.3. The van der Waals surface area contributed by atoms with Crippen molar-refractivity contribution in [2.45, 2.75) is 13.8 Å². The Balaban J connectivity index is 1.34. The van der Waals surface area contributed by atoms with Crippen molar-refractivity contribution < 1.29 is 0 Å². The second-order valence-corrected chi connectivity index (χ2v) is 10.2. The van der Waals surface area contributed by atoms with Gasteiger partial charge in [0, 0.05) is 27.7 Å². The second-order valence-electron chi connectivity index (χ2n) is 10.2. The van der Waals surface area contributed by atoms with Gasteiger partial charge in [-0.15, -0.1) is 0 Å². The molecule has 196 valence electrons. The molecule has 0 fully saturated rings. The van der Waals surface area contributed by atoms with Crippen molar-refractivity contribution >= 4 is 56.8 Å². The summed E-state index contributed by atoms with van der Waals surface area (Å²) in [5.74, 6) is 0. The van der Waals surface area contributed by atoms with Crippen LogP contribution in [0, 0.1) is 18.3 Å². The molecule has 0 heterocycles. The van der Waals surface area contributed by atoms with Crippen LogP contribution in [-0.2, 0) is 0 Å². The van der Waals surface area contributed by atoms with E-state index in [9.17, 15) is 5.26 Å². The van der Waals surface area contributed by atoms with Gasteiger partial charge in [0.1, 0.15) is 6.07 Å². The fourth-order valence-electron chi connectivity index (χ4n) is 5.49. The van der Waals surface area contributed by atoms with Gasteiger partial charge in [-0.05, 0) is 83.8 Å². The van der Waals surface area contributed by atoms with Crippen molar-refractivity contribution in [3.63, 3.8) is 0 Å². The molecule has 6 rings (SSSR count). The minimum absolute atomic E-state index is 0.735. The van der Waals surface area contributed by atoms with Crippen LogP contribution in [0.2, 0.25) is 0 Å². The van der Waals surface area contributed by atoms with Crippen molar-refractivity contribution in [1.29, 1.82) is 5.26 Å². The summed E-state index contributed by atoms with van der Waals surface area (Å²) in [5.41, 5.74) is 8.78. The minimum atomic E-state index is 0.735. The molecule has 0 bridgehead atoms.